The van der Waals surface area contributed by atoms with Crippen molar-refractivity contribution in [3.63, 3.8) is 0 Å². The van der Waals surface area contributed by atoms with Crippen LogP contribution in [0.5, 0.6) is 0 Å². The van der Waals surface area contributed by atoms with Crippen LogP contribution < -0.4 is 10.6 Å². The monoisotopic (exact) mass is 381 g/mol. The van der Waals surface area contributed by atoms with Gasteiger partial charge in [0.2, 0.25) is 5.95 Å². The third-order valence-corrected chi connectivity index (χ3v) is 4.87. The number of halogens is 1. The Bertz CT molecular complexity index is 1070. The summed E-state index contributed by atoms with van der Waals surface area (Å²) in [6, 6.07) is 15.6. The van der Waals surface area contributed by atoms with Crippen molar-refractivity contribution in [3.05, 3.63) is 64.9 Å². The quantitative estimate of drug-likeness (QED) is 0.464. The number of nitrogens with zero attached hydrogens (tertiary/aromatic N) is 3. The lowest BCUT2D eigenvalue weighted by atomic mass is 10.3. The number of benzene rings is 2. The molecule has 0 spiro atoms. The SMILES string of the molecule is Cc1cc(C)nc(Nc2cccc(Nc3nc4ccc(Cl)cc4s3)c2)n1. The van der Waals surface area contributed by atoms with Crippen molar-refractivity contribution in [2.75, 3.05) is 10.6 Å². The molecular formula is C19H16ClN5S. The summed E-state index contributed by atoms with van der Waals surface area (Å²) in [5, 5.41) is 8.13. The maximum atomic E-state index is 6.05. The molecule has 0 radical (unpaired) electrons. The summed E-state index contributed by atoms with van der Waals surface area (Å²) in [4.78, 5) is 13.4. The first-order valence-corrected chi connectivity index (χ1v) is 9.27. The number of hydrogen-bond acceptors (Lipinski definition) is 6. The molecule has 0 amide bonds. The highest BCUT2D eigenvalue weighted by molar-refractivity contribution is 7.22. The first-order chi connectivity index (χ1) is 12.5. The second-order valence-corrected chi connectivity index (χ2v) is 7.40. The third-order valence-electron chi connectivity index (χ3n) is 3.70. The molecule has 4 aromatic rings. The van der Waals surface area contributed by atoms with Crippen LogP contribution in [0.1, 0.15) is 11.4 Å². The minimum absolute atomic E-state index is 0.592. The van der Waals surface area contributed by atoms with Gasteiger partial charge in [-0.2, -0.15) is 0 Å². The summed E-state index contributed by atoms with van der Waals surface area (Å²) in [6.07, 6.45) is 0. The predicted molar refractivity (Wildman–Crippen MR) is 109 cm³/mol. The van der Waals surface area contributed by atoms with E-state index in [1.807, 2.05) is 62.4 Å². The molecule has 0 fully saturated rings. The minimum atomic E-state index is 0.592. The lowest BCUT2D eigenvalue weighted by Crippen LogP contribution is -2.00. The summed E-state index contributed by atoms with van der Waals surface area (Å²) in [6.45, 7) is 3.91. The van der Waals surface area contributed by atoms with Gasteiger partial charge in [0.15, 0.2) is 5.13 Å². The van der Waals surface area contributed by atoms with Gasteiger partial charge >= 0.3 is 0 Å². The Morgan fingerprint density at radius 1 is 0.846 bits per heavy atom. The Hall–Kier alpha value is -2.70. The lowest BCUT2D eigenvalue weighted by Gasteiger charge is -2.09. The maximum Gasteiger partial charge on any atom is 0.227 e. The van der Waals surface area contributed by atoms with Crippen LogP contribution in [-0.2, 0) is 0 Å². The molecule has 5 nitrogen and oxygen atoms in total. The molecule has 0 aliphatic heterocycles. The smallest absolute Gasteiger partial charge is 0.227 e. The first-order valence-electron chi connectivity index (χ1n) is 8.08. The molecule has 130 valence electrons. The number of aryl methyl sites for hydroxylation is 2. The Balaban J connectivity index is 1.56. The predicted octanol–water partition coefficient (Wildman–Crippen LogP) is 5.84. The van der Waals surface area contributed by atoms with Crippen molar-refractivity contribution in [1.82, 2.24) is 15.0 Å². The van der Waals surface area contributed by atoms with Gasteiger partial charge in [-0.1, -0.05) is 29.0 Å². The van der Waals surface area contributed by atoms with Crippen LogP contribution in [0.15, 0.2) is 48.5 Å². The van der Waals surface area contributed by atoms with E-state index in [-0.39, 0.29) is 0 Å². The summed E-state index contributed by atoms with van der Waals surface area (Å²) in [7, 11) is 0. The number of aromatic nitrogens is 3. The van der Waals surface area contributed by atoms with Gasteiger partial charge in [-0.15, -0.1) is 0 Å². The molecule has 2 aromatic heterocycles. The standard InChI is InChI=1S/C19H16ClN5S/c1-11-8-12(2)22-18(21-11)23-14-4-3-5-15(10-14)24-19-25-16-7-6-13(20)9-17(16)26-19/h3-10H,1-2H3,(H,24,25)(H,21,22,23). The lowest BCUT2D eigenvalue weighted by molar-refractivity contribution is 1.06. The second-order valence-electron chi connectivity index (χ2n) is 5.94. The van der Waals surface area contributed by atoms with Gasteiger partial charge in [-0.3, -0.25) is 0 Å². The van der Waals surface area contributed by atoms with Crippen LogP contribution in [0, 0.1) is 13.8 Å². The van der Waals surface area contributed by atoms with E-state index >= 15 is 0 Å². The fourth-order valence-electron chi connectivity index (χ4n) is 2.66. The Labute approximate surface area is 160 Å². The van der Waals surface area contributed by atoms with Gasteiger partial charge in [0.25, 0.3) is 0 Å². The van der Waals surface area contributed by atoms with Crippen molar-refractivity contribution in [3.8, 4) is 0 Å². The largest absolute Gasteiger partial charge is 0.331 e. The van der Waals surface area contributed by atoms with Gasteiger partial charge < -0.3 is 10.6 Å². The fourth-order valence-corrected chi connectivity index (χ4v) is 3.82. The molecule has 2 aromatic carbocycles. The highest BCUT2D eigenvalue weighted by atomic mass is 35.5. The number of anilines is 4. The molecular weight excluding hydrogens is 366 g/mol. The van der Waals surface area contributed by atoms with Crippen LogP contribution in [-0.4, -0.2) is 15.0 Å². The third kappa shape index (κ3) is 3.76. The van der Waals surface area contributed by atoms with E-state index in [1.165, 1.54) is 0 Å². The first kappa shape index (κ1) is 16.8. The maximum absolute atomic E-state index is 6.05. The average molecular weight is 382 g/mol. The zero-order chi connectivity index (χ0) is 18.1. The van der Waals surface area contributed by atoms with E-state index in [0.29, 0.717) is 11.0 Å². The van der Waals surface area contributed by atoms with E-state index < -0.39 is 0 Å². The molecule has 7 heteroatoms. The number of fused-ring (bicyclic) bond motifs is 1. The van der Waals surface area contributed by atoms with Gasteiger partial charge in [0, 0.05) is 27.8 Å². The van der Waals surface area contributed by atoms with Crippen molar-refractivity contribution in [2.24, 2.45) is 0 Å². The van der Waals surface area contributed by atoms with Crippen molar-refractivity contribution >= 4 is 55.6 Å². The average Bonchev–Trinajstić information content (AvgIpc) is 2.95. The van der Waals surface area contributed by atoms with E-state index in [4.69, 9.17) is 11.6 Å². The Kier molecular flexibility index (Phi) is 4.44. The zero-order valence-electron chi connectivity index (χ0n) is 14.2. The van der Waals surface area contributed by atoms with Crippen LogP contribution in [0.25, 0.3) is 10.2 Å². The molecule has 0 atom stereocenters. The van der Waals surface area contributed by atoms with E-state index in [9.17, 15) is 0 Å². The van der Waals surface area contributed by atoms with E-state index in [1.54, 1.807) is 11.3 Å². The van der Waals surface area contributed by atoms with Crippen LogP contribution >= 0.6 is 22.9 Å². The highest BCUT2D eigenvalue weighted by Gasteiger charge is 2.06. The molecule has 0 saturated carbocycles. The topological polar surface area (TPSA) is 62.7 Å². The van der Waals surface area contributed by atoms with Crippen LogP contribution in [0.4, 0.5) is 22.5 Å². The van der Waals surface area contributed by atoms with Crippen LogP contribution in [0.3, 0.4) is 0 Å². The number of rotatable bonds is 4. The number of hydrogen-bond donors (Lipinski definition) is 2. The molecule has 0 unspecified atom stereocenters. The summed E-state index contributed by atoms with van der Waals surface area (Å²) in [5.41, 5.74) is 4.64. The molecule has 2 heterocycles. The molecule has 4 rings (SSSR count). The van der Waals surface area contributed by atoms with Crippen molar-refractivity contribution in [2.45, 2.75) is 13.8 Å². The van der Waals surface area contributed by atoms with Crippen LogP contribution in [0.2, 0.25) is 5.02 Å². The fraction of sp³-hybridized carbons (Fsp3) is 0.105. The van der Waals surface area contributed by atoms with Crippen molar-refractivity contribution < 1.29 is 0 Å². The zero-order valence-corrected chi connectivity index (χ0v) is 15.8. The summed E-state index contributed by atoms with van der Waals surface area (Å²) >= 11 is 7.61. The molecule has 2 N–H and O–H groups in total. The summed E-state index contributed by atoms with van der Waals surface area (Å²) in [5.74, 6) is 0.592. The highest BCUT2D eigenvalue weighted by Crippen LogP contribution is 2.31. The molecule has 0 bridgehead atoms. The van der Waals surface area contributed by atoms with E-state index in [2.05, 4.69) is 25.6 Å². The van der Waals surface area contributed by atoms with E-state index in [0.717, 1.165) is 38.1 Å². The molecule has 0 saturated heterocycles. The molecule has 0 aliphatic rings. The van der Waals surface area contributed by atoms with Crippen molar-refractivity contribution in [1.29, 1.82) is 0 Å². The normalized spacial score (nSPS) is 10.9. The Morgan fingerprint density at radius 2 is 1.58 bits per heavy atom. The van der Waals surface area contributed by atoms with Gasteiger partial charge in [-0.05, 0) is 56.3 Å². The Morgan fingerprint density at radius 3 is 2.35 bits per heavy atom. The number of nitrogens with one attached hydrogen (secondary N) is 2. The molecule has 26 heavy (non-hydrogen) atoms. The summed E-state index contributed by atoms with van der Waals surface area (Å²) < 4.78 is 1.05. The number of thiazole rings is 1. The van der Waals surface area contributed by atoms with Gasteiger partial charge in [-0.25, -0.2) is 15.0 Å². The second kappa shape index (κ2) is 6.90. The minimum Gasteiger partial charge on any atom is -0.331 e. The van der Waals surface area contributed by atoms with Gasteiger partial charge in [0.1, 0.15) is 0 Å². The molecule has 0 aliphatic carbocycles. The van der Waals surface area contributed by atoms with Gasteiger partial charge in [0.05, 0.1) is 10.2 Å².